The molecule has 1 amide bonds. The monoisotopic (exact) mass is 583 g/mol. The molecule has 2 aromatic heterocycles. The van der Waals surface area contributed by atoms with Gasteiger partial charge in [-0.15, -0.1) is 11.3 Å². The minimum absolute atomic E-state index is 0.0804. The number of fused-ring (bicyclic) bond motifs is 2. The van der Waals surface area contributed by atoms with Crippen molar-refractivity contribution >= 4 is 61.8 Å². The molecule has 4 aromatic rings. The molecule has 0 radical (unpaired) electrons. The van der Waals surface area contributed by atoms with Crippen LogP contribution in [0, 0.1) is 5.41 Å². The third kappa shape index (κ3) is 4.81. The number of aromatic nitrogens is 1. The number of anilines is 3. The molecule has 1 atom stereocenters. The number of hydrogen-bond acceptors (Lipinski definition) is 8. The summed E-state index contributed by atoms with van der Waals surface area (Å²) < 4.78 is 5.91. The normalized spacial score (nSPS) is 20.5. The lowest BCUT2D eigenvalue weighted by atomic mass is 9.74. The molecule has 7 nitrogen and oxygen atoms in total. The largest absolute Gasteiger partial charge is 0.357 e. The molecule has 210 valence electrons. The molecular formula is C32H33N5O2S2. The zero-order chi connectivity index (χ0) is 28.1. The molecule has 3 aliphatic rings. The second-order valence-electron chi connectivity index (χ2n) is 11.9. The van der Waals surface area contributed by atoms with Gasteiger partial charge in [0, 0.05) is 54.1 Å². The van der Waals surface area contributed by atoms with Crippen molar-refractivity contribution in [2.75, 3.05) is 47.8 Å². The maximum Gasteiger partial charge on any atom is 0.242 e. The number of rotatable bonds is 4. The summed E-state index contributed by atoms with van der Waals surface area (Å²) in [6.07, 6.45) is 1.29. The Morgan fingerprint density at radius 1 is 1.00 bits per heavy atom. The van der Waals surface area contributed by atoms with Gasteiger partial charge in [-0.1, -0.05) is 44.2 Å². The number of nitrogens with one attached hydrogen (secondary N) is 1. The number of thiophene rings is 1. The van der Waals surface area contributed by atoms with Gasteiger partial charge in [-0.3, -0.25) is 9.59 Å². The summed E-state index contributed by atoms with van der Waals surface area (Å²) in [5.41, 5.74) is 3.56. The smallest absolute Gasteiger partial charge is 0.242 e. The topological polar surface area (TPSA) is 68.8 Å². The zero-order valence-corrected chi connectivity index (χ0v) is 24.9. The Kier molecular flexibility index (Phi) is 6.59. The van der Waals surface area contributed by atoms with Gasteiger partial charge >= 0.3 is 0 Å². The van der Waals surface area contributed by atoms with Crippen molar-refractivity contribution in [1.29, 1.82) is 0 Å². The fraction of sp³-hybridized carbons (Fsp3) is 0.344. The van der Waals surface area contributed by atoms with E-state index >= 15 is 0 Å². The highest BCUT2D eigenvalue weighted by Crippen LogP contribution is 2.49. The molecule has 41 heavy (non-hydrogen) atoms. The number of ketones is 1. The van der Waals surface area contributed by atoms with Crippen molar-refractivity contribution in [2.24, 2.45) is 5.41 Å². The number of hydrogen-bond donors (Lipinski definition) is 1. The fourth-order valence-electron chi connectivity index (χ4n) is 6.48. The lowest BCUT2D eigenvalue weighted by Gasteiger charge is -2.39. The number of Topliss-reactive ketones (excluding diaryl/α,β-unsaturated/α-hetero) is 1. The van der Waals surface area contributed by atoms with Crippen LogP contribution < -0.4 is 15.1 Å². The Labute approximate surface area is 248 Å². The quantitative estimate of drug-likeness (QED) is 0.303. The van der Waals surface area contributed by atoms with Gasteiger partial charge < -0.3 is 20.0 Å². The number of piperazine rings is 1. The van der Waals surface area contributed by atoms with Crippen molar-refractivity contribution in [3.8, 4) is 0 Å². The van der Waals surface area contributed by atoms with Crippen molar-refractivity contribution in [2.45, 2.75) is 32.7 Å². The van der Waals surface area contributed by atoms with Crippen LogP contribution in [-0.4, -0.2) is 53.7 Å². The Morgan fingerprint density at radius 3 is 2.59 bits per heavy atom. The summed E-state index contributed by atoms with van der Waals surface area (Å²) in [5, 5.41) is 6.87. The van der Waals surface area contributed by atoms with Gasteiger partial charge in [0.15, 0.2) is 5.78 Å². The first kappa shape index (κ1) is 26.2. The SMILES string of the molecule is CC1(C)CC(=O)C2=C(C1)Nc1ccccc1N(CC(=O)N1CCN(c3nsc4ccccc34)CC1)C2c1cccs1. The van der Waals surface area contributed by atoms with Gasteiger partial charge in [-0.05, 0) is 59.1 Å². The Bertz CT molecular complexity index is 1650. The molecule has 1 saturated heterocycles. The maximum atomic E-state index is 14.0. The third-order valence-corrected chi connectivity index (χ3v) is 10.2. The molecule has 4 heterocycles. The first-order valence-electron chi connectivity index (χ1n) is 14.2. The van der Waals surface area contributed by atoms with Crippen LogP contribution in [0.1, 0.15) is 37.6 Å². The molecule has 7 rings (SSSR count). The summed E-state index contributed by atoms with van der Waals surface area (Å²) in [6.45, 7) is 7.29. The number of para-hydroxylation sites is 2. The first-order chi connectivity index (χ1) is 19.9. The average molecular weight is 584 g/mol. The first-order valence-corrected chi connectivity index (χ1v) is 15.8. The molecule has 0 bridgehead atoms. The van der Waals surface area contributed by atoms with Gasteiger partial charge in [0.2, 0.25) is 5.91 Å². The fourth-order valence-corrected chi connectivity index (χ4v) is 8.13. The molecule has 0 spiro atoms. The minimum atomic E-state index is -0.309. The molecule has 2 aliphatic heterocycles. The van der Waals surface area contributed by atoms with Crippen LogP contribution in [0.5, 0.6) is 0 Å². The van der Waals surface area contributed by atoms with Crippen LogP contribution in [0.15, 0.2) is 77.3 Å². The van der Waals surface area contributed by atoms with E-state index in [1.165, 1.54) is 21.6 Å². The number of allylic oxidation sites excluding steroid dienone is 1. The van der Waals surface area contributed by atoms with E-state index in [0.717, 1.165) is 52.9 Å². The average Bonchev–Trinajstić information content (AvgIpc) is 3.62. The zero-order valence-electron chi connectivity index (χ0n) is 23.3. The maximum absolute atomic E-state index is 14.0. The third-order valence-electron chi connectivity index (χ3n) is 8.41. The van der Waals surface area contributed by atoms with Crippen molar-refractivity contribution in [3.63, 3.8) is 0 Å². The van der Waals surface area contributed by atoms with Crippen LogP contribution in [0.25, 0.3) is 10.1 Å². The summed E-state index contributed by atoms with van der Waals surface area (Å²) >= 11 is 3.17. The number of carbonyl (C=O) groups is 2. The second-order valence-corrected chi connectivity index (χ2v) is 13.7. The van der Waals surface area contributed by atoms with E-state index in [2.05, 4.69) is 70.7 Å². The van der Waals surface area contributed by atoms with E-state index in [1.807, 2.05) is 29.2 Å². The summed E-state index contributed by atoms with van der Waals surface area (Å²) in [5.74, 6) is 1.26. The van der Waals surface area contributed by atoms with E-state index in [0.29, 0.717) is 19.5 Å². The minimum Gasteiger partial charge on any atom is -0.357 e. The van der Waals surface area contributed by atoms with E-state index < -0.39 is 0 Å². The molecule has 9 heteroatoms. The highest BCUT2D eigenvalue weighted by atomic mass is 32.1. The Hall–Kier alpha value is -3.69. The Morgan fingerprint density at radius 2 is 1.78 bits per heavy atom. The van der Waals surface area contributed by atoms with Gasteiger partial charge in [0.1, 0.15) is 5.82 Å². The molecule has 1 fully saturated rings. The van der Waals surface area contributed by atoms with E-state index in [4.69, 9.17) is 4.37 Å². The molecule has 2 aromatic carbocycles. The highest BCUT2D eigenvalue weighted by molar-refractivity contribution is 7.13. The van der Waals surface area contributed by atoms with Crippen LogP contribution in [0.3, 0.4) is 0 Å². The van der Waals surface area contributed by atoms with Crippen LogP contribution >= 0.6 is 22.9 Å². The van der Waals surface area contributed by atoms with Gasteiger partial charge in [-0.2, -0.15) is 4.37 Å². The van der Waals surface area contributed by atoms with E-state index in [-0.39, 0.29) is 29.7 Å². The predicted octanol–water partition coefficient (Wildman–Crippen LogP) is 6.32. The lowest BCUT2D eigenvalue weighted by molar-refractivity contribution is -0.130. The predicted molar refractivity (Wildman–Crippen MR) is 168 cm³/mol. The van der Waals surface area contributed by atoms with E-state index in [1.54, 1.807) is 11.3 Å². The van der Waals surface area contributed by atoms with Crippen molar-refractivity contribution < 1.29 is 9.59 Å². The molecular weight excluding hydrogens is 551 g/mol. The van der Waals surface area contributed by atoms with Gasteiger partial charge in [0.05, 0.1) is 28.7 Å². The van der Waals surface area contributed by atoms with Gasteiger partial charge in [0.25, 0.3) is 0 Å². The Balaban J connectivity index is 1.19. The highest BCUT2D eigenvalue weighted by Gasteiger charge is 2.42. The standard InChI is InChI=1S/C32H33N5O2S2/c1-32(2)18-23-29(25(38)19-32)30(27-12-7-17-40-27)37(24-10-5-4-9-22(24)33-23)20-28(39)35-13-15-36(16-14-35)31-21-8-3-6-11-26(21)41-34-31/h3-12,17,30,33H,13-16,18-20H2,1-2H3. The molecule has 1 N–H and O–H groups in total. The molecule has 1 aliphatic carbocycles. The van der Waals surface area contributed by atoms with Crippen LogP contribution in [-0.2, 0) is 9.59 Å². The summed E-state index contributed by atoms with van der Waals surface area (Å²) in [6, 6.07) is 20.3. The summed E-state index contributed by atoms with van der Waals surface area (Å²) in [4.78, 5) is 35.3. The van der Waals surface area contributed by atoms with Gasteiger partial charge in [-0.25, -0.2) is 0 Å². The summed E-state index contributed by atoms with van der Waals surface area (Å²) in [7, 11) is 0. The number of amides is 1. The van der Waals surface area contributed by atoms with E-state index in [9.17, 15) is 9.59 Å². The molecule has 1 unspecified atom stereocenters. The number of carbonyl (C=O) groups excluding carboxylic acids is 2. The number of benzene rings is 2. The van der Waals surface area contributed by atoms with Crippen molar-refractivity contribution in [3.05, 3.63) is 82.2 Å². The van der Waals surface area contributed by atoms with Crippen LogP contribution in [0.4, 0.5) is 17.2 Å². The van der Waals surface area contributed by atoms with Crippen LogP contribution in [0.2, 0.25) is 0 Å². The van der Waals surface area contributed by atoms with Crippen molar-refractivity contribution in [1.82, 2.24) is 9.27 Å². The number of nitrogens with zero attached hydrogens (tertiary/aromatic N) is 4. The second kappa shape index (κ2) is 10.3. The lowest BCUT2D eigenvalue weighted by Crippen LogP contribution is -2.52. The molecule has 0 saturated carbocycles.